The molecule has 0 aliphatic carbocycles. The number of carbonyl (C=O) groups excluding carboxylic acids is 1. The van der Waals surface area contributed by atoms with Crippen LogP contribution in [-0.2, 0) is 0 Å². The summed E-state index contributed by atoms with van der Waals surface area (Å²) in [6, 6.07) is 8.16. The lowest BCUT2D eigenvalue weighted by atomic mass is 10.1. The van der Waals surface area contributed by atoms with Crippen LogP contribution in [0.15, 0.2) is 30.5 Å². The molecule has 0 bridgehead atoms. The Labute approximate surface area is 132 Å². The molecule has 112 valence electrons. The van der Waals surface area contributed by atoms with Crippen molar-refractivity contribution in [2.75, 3.05) is 6.54 Å². The number of hydrogen-bond acceptors (Lipinski definition) is 4. The maximum absolute atomic E-state index is 13.0. The van der Waals surface area contributed by atoms with Gasteiger partial charge in [-0.2, -0.15) is 9.47 Å². The number of amides is 1. The van der Waals surface area contributed by atoms with Gasteiger partial charge in [-0.15, -0.1) is 0 Å². The Morgan fingerprint density at radius 1 is 1.41 bits per heavy atom. The fraction of sp³-hybridized carbons (Fsp3) is 0.312. The Balaban J connectivity index is 1.72. The average Bonchev–Trinajstić information content (AvgIpc) is 3.25. The Hall–Kier alpha value is -2.21. The molecule has 1 amide bonds. The van der Waals surface area contributed by atoms with Crippen molar-refractivity contribution in [1.82, 2.24) is 19.5 Å². The van der Waals surface area contributed by atoms with E-state index in [0.717, 1.165) is 40.7 Å². The van der Waals surface area contributed by atoms with Crippen LogP contribution in [0, 0.1) is 6.92 Å². The molecule has 1 unspecified atom stereocenters. The molecule has 6 heteroatoms. The summed E-state index contributed by atoms with van der Waals surface area (Å²) in [6.07, 6.45) is 3.71. The molecular formula is C16H16N4OS. The third-order valence-electron chi connectivity index (χ3n) is 4.22. The second kappa shape index (κ2) is 5.21. The standard InChI is InChI=1S/C16H16N4OS/c1-10-4-5-14-11(9-10)15(19-22-14)16(21)20-8-2-3-13(20)12-6-7-17-18-12/h4-7,9,13H,2-3,8H2,1H3,(H,17,18). The first-order valence-electron chi connectivity index (χ1n) is 7.40. The van der Waals surface area contributed by atoms with E-state index < -0.39 is 0 Å². The molecule has 1 aliphatic rings. The first-order chi connectivity index (χ1) is 10.7. The second-order valence-electron chi connectivity index (χ2n) is 5.70. The maximum atomic E-state index is 13.0. The molecule has 1 N–H and O–H groups in total. The average molecular weight is 312 g/mol. The van der Waals surface area contributed by atoms with Crippen molar-refractivity contribution >= 4 is 27.5 Å². The van der Waals surface area contributed by atoms with Gasteiger partial charge in [-0.25, -0.2) is 0 Å². The van der Waals surface area contributed by atoms with Crippen LogP contribution in [0.4, 0.5) is 0 Å². The maximum Gasteiger partial charge on any atom is 0.274 e. The van der Waals surface area contributed by atoms with Gasteiger partial charge in [0.05, 0.1) is 16.4 Å². The van der Waals surface area contributed by atoms with Crippen molar-refractivity contribution in [3.05, 3.63) is 47.4 Å². The molecule has 2 aromatic heterocycles. The quantitative estimate of drug-likeness (QED) is 0.789. The molecule has 22 heavy (non-hydrogen) atoms. The highest BCUT2D eigenvalue weighted by molar-refractivity contribution is 7.13. The Morgan fingerprint density at radius 3 is 3.14 bits per heavy atom. The van der Waals surface area contributed by atoms with Crippen LogP contribution in [-0.4, -0.2) is 31.9 Å². The van der Waals surface area contributed by atoms with E-state index in [1.165, 1.54) is 11.5 Å². The fourth-order valence-corrected chi connectivity index (χ4v) is 3.88. The van der Waals surface area contributed by atoms with E-state index in [1.807, 2.05) is 30.0 Å². The number of likely N-dealkylation sites (tertiary alicyclic amines) is 1. The minimum atomic E-state index is 0.0222. The lowest BCUT2D eigenvalue weighted by Gasteiger charge is -2.23. The number of benzene rings is 1. The molecular weight excluding hydrogens is 296 g/mol. The van der Waals surface area contributed by atoms with E-state index in [-0.39, 0.29) is 11.9 Å². The first-order valence-corrected chi connectivity index (χ1v) is 8.17. The third-order valence-corrected chi connectivity index (χ3v) is 5.05. The number of aryl methyl sites for hydroxylation is 1. The molecule has 1 fully saturated rings. The van der Waals surface area contributed by atoms with Gasteiger partial charge < -0.3 is 4.90 Å². The Kier molecular flexibility index (Phi) is 3.18. The molecule has 4 rings (SSSR count). The fourth-order valence-electron chi connectivity index (χ4n) is 3.13. The van der Waals surface area contributed by atoms with Crippen molar-refractivity contribution in [2.45, 2.75) is 25.8 Å². The molecule has 1 aliphatic heterocycles. The third kappa shape index (κ3) is 2.11. The molecule has 0 saturated carbocycles. The number of nitrogens with zero attached hydrogens (tertiary/aromatic N) is 3. The topological polar surface area (TPSA) is 61.9 Å². The highest BCUT2D eigenvalue weighted by Gasteiger charge is 2.33. The molecule has 0 spiro atoms. The predicted octanol–water partition coefficient (Wildman–Crippen LogP) is 3.31. The molecule has 1 atom stereocenters. The lowest BCUT2D eigenvalue weighted by Crippen LogP contribution is -2.31. The Morgan fingerprint density at radius 2 is 2.32 bits per heavy atom. The number of nitrogens with one attached hydrogen (secondary N) is 1. The summed E-state index contributed by atoms with van der Waals surface area (Å²) >= 11 is 1.39. The van der Waals surface area contributed by atoms with Crippen molar-refractivity contribution in [3.8, 4) is 0 Å². The van der Waals surface area contributed by atoms with Gasteiger partial charge in [-0.3, -0.25) is 9.89 Å². The van der Waals surface area contributed by atoms with Gasteiger partial charge >= 0.3 is 0 Å². The first kappa shape index (κ1) is 13.5. The number of fused-ring (bicyclic) bond motifs is 1. The summed E-state index contributed by atoms with van der Waals surface area (Å²) < 4.78 is 5.48. The van der Waals surface area contributed by atoms with Gasteiger partial charge in [0.1, 0.15) is 5.69 Å². The van der Waals surface area contributed by atoms with Gasteiger partial charge in [0.2, 0.25) is 0 Å². The van der Waals surface area contributed by atoms with Crippen molar-refractivity contribution in [1.29, 1.82) is 0 Å². The summed E-state index contributed by atoms with van der Waals surface area (Å²) in [7, 11) is 0. The van der Waals surface area contributed by atoms with Crippen molar-refractivity contribution in [3.63, 3.8) is 0 Å². The van der Waals surface area contributed by atoms with Crippen molar-refractivity contribution < 1.29 is 4.79 Å². The van der Waals surface area contributed by atoms with Crippen molar-refractivity contribution in [2.24, 2.45) is 0 Å². The molecule has 3 heterocycles. The van der Waals surface area contributed by atoms with E-state index in [2.05, 4.69) is 20.6 Å². The Bertz CT molecular complexity index is 824. The minimum absolute atomic E-state index is 0.0222. The van der Waals surface area contributed by atoms with E-state index in [1.54, 1.807) is 6.20 Å². The smallest absolute Gasteiger partial charge is 0.274 e. The van der Waals surface area contributed by atoms with Crippen LogP contribution in [0.2, 0.25) is 0 Å². The lowest BCUT2D eigenvalue weighted by molar-refractivity contribution is 0.0730. The van der Waals surface area contributed by atoms with Gasteiger partial charge in [0.25, 0.3) is 5.91 Å². The molecule has 5 nitrogen and oxygen atoms in total. The second-order valence-corrected chi connectivity index (χ2v) is 6.50. The summed E-state index contributed by atoms with van der Waals surface area (Å²) in [6.45, 7) is 2.81. The van der Waals surface area contributed by atoms with Crippen LogP contribution >= 0.6 is 11.5 Å². The van der Waals surface area contributed by atoms with Gasteiger partial charge in [-0.05, 0) is 49.5 Å². The zero-order valence-corrected chi connectivity index (χ0v) is 13.1. The number of rotatable bonds is 2. The number of carbonyl (C=O) groups is 1. The largest absolute Gasteiger partial charge is 0.329 e. The molecule has 3 aromatic rings. The number of hydrogen-bond donors (Lipinski definition) is 1. The van der Waals surface area contributed by atoms with Crippen LogP contribution in [0.5, 0.6) is 0 Å². The molecule has 1 aromatic carbocycles. The van der Waals surface area contributed by atoms with E-state index in [4.69, 9.17) is 0 Å². The minimum Gasteiger partial charge on any atom is -0.329 e. The monoisotopic (exact) mass is 312 g/mol. The van der Waals surface area contributed by atoms with Crippen LogP contribution in [0.3, 0.4) is 0 Å². The summed E-state index contributed by atoms with van der Waals surface area (Å²) in [5.74, 6) is 0.0222. The predicted molar refractivity (Wildman–Crippen MR) is 86.0 cm³/mol. The number of aromatic amines is 1. The van der Waals surface area contributed by atoms with Crippen LogP contribution < -0.4 is 0 Å². The van der Waals surface area contributed by atoms with Gasteiger partial charge in [0.15, 0.2) is 0 Å². The number of aromatic nitrogens is 3. The normalized spacial score (nSPS) is 18.2. The molecule has 0 radical (unpaired) electrons. The molecule has 1 saturated heterocycles. The van der Waals surface area contributed by atoms with Crippen LogP contribution in [0.1, 0.15) is 40.6 Å². The summed E-state index contributed by atoms with van der Waals surface area (Å²) in [5, 5.41) is 7.97. The highest BCUT2D eigenvalue weighted by Crippen LogP contribution is 2.33. The zero-order valence-electron chi connectivity index (χ0n) is 12.2. The SMILES string of the molecule is Cc1ccc2snc(C(=O)N3CCCC3c3ccn[nH]3)c2c1. The summed E-state index contributed by atoms with van der Waals surface area (Å²) in [4.78, 5) is 14.9. The van der Waals surface area contributed by atoms with Crippen LogP contribution in [0.25, 0.3) is 10.1 Å². The summed E-state index contributed by atoms with van der Waals surface area (Å²) in [5.41, 5.74) is 2.73. The number of H-pyrrole nitrogens is 1. The zero-order chi connectivity index (χ0) is 15.1. The van der Waals surface area contributed by atoms with E-state index >= 15 is 0 Å². The highest BCUT2D eigenvalue weighted by atomic mass is 32.1. The van der Waals surface area contributed by atoms with Gasteiger partial charge in [0, 0.05) is 18.1 Å². The van der Waals surface area contributed by atoms with Gasteiger partial charge in [-0.1, -0.05) is 11.6 Å². The van der Waals surface area contributed by atoms with E-state index in [0.29, 0.717) is 5.69 Å². The van der Waals surface area contributed by atoms with E-state index in [9.17, 15) is 4.79 Å².